The first kappa shape index (κ1) is 25.1. The largest absolute Gasteiger partial charge is 0.480 e. The summed E-state index contributed by atoms with van der Waals surface area (Å²) in [6.07, 6.45) is 4.30. The minimum Gasteiger partial charge on any atom is -0.480 e. The van der Waals surface area contributed by atoms with Crippen LogP contribution in [0.25, 0.3) is 21.9 Å². The highest BCUT2D eigenvalue weighted by Gasteiger charge is 2.22. The smallest absolute Gasteiger partial charge is 0.339 e. The Morgan fingerprint density at radius 2 is 1.81 bits per heavy atom. The number of furan rings is 1. The van der Waals surface area contributed by atoms with E-state index in [-0.39, 0.29) is 18.6 Å². The van der Waals surface area contributed by atoms with Gasteiger partial charge in [0, 0.05) is 52.3 Å². The van der Waals surface area contributed by atoms with Crippen LogP contribution in [0.2, 0.25) is 0 Å². The molecule has 192 valence electrons. The number of nitrogens with one attached hydrogen (secondary N) is 1. The number of aryl methyl sites for hydroxylation is 3. The third kappa shape index (κ3) is 5.44. The van der Waals surface area contributed by atoms with E-state index in [1.54, 1.807) is 6.07 Å². The summed E-state index contributed by atoms with van der Waals surface area (Å²) in [5.74, 6) is 0.431. The molecule has 1 atom stereocenters. The van der Waals surface area contributed by atoms with E-state index in [9.17, 15) is 19.5 Å². The molecule has 37 heavy (non-hydrogen) atoms. The van der Waals surface area contributed by atoms with Gasteiger partial charge in [0.15, 0.2) is 0 Å². The lowest BCUT2D eigenvalue weighted by atomic mass is 9.94. The number of carbonyl (C=O) groups excluding carboxylic acids is 1. The molecule has 2 aromatic heterocycles. The Labute approximate surface area is 218 Å². The van der Waals surface area contributed by atoms with Crippen LogP contribution in [0.4, 0.5) is 0 Å². The van der Waals surface area contributed by atoms with E-state index in [0.717, 1.165) is 58.9 Å². The van der Waals surface area contributed by atoms with Gasteiger partial charge in [0.1, 0.15) is 23.0 Å². The summed E-state index contributed by atoms with van der Waals surface area (Å²) in [6.45, 7) is 1.87. The molecule has 4 aromatic rings. The van der Waals surface area contributed by atoms with Gasteiger partial charge in [-0.3, -0.25) is 4.79 Å². The number of carboxylic acid groups (broad SMARTS) is 1. The summed E-state index contributed by atoms with van der Waals surface area (Å²) in [5.41, 5.74) is 4.26. The zero-order chi connectivity index (χ0) is 25.9. The van der Waals surface area contributed by atoms with Crippen molar-refractivity contribution in [3.8, 4) is 0 Å². The number of thioether (sulfide) groups is 1. The molecule has 0 fully saturated rings. The molecule has 5 rings (SSSR count). The SMILES string of the molecule is Cc1c(CCC(=O)N[C@@H](CSCc2ccccc2)C(=O)O)c(=O)oc2cc3oc4c(c3cc12)CCCC4. The van der Waals surface area contributed by atoms with Crippen LogP contribution in [0.5, 0.6) is 0 Å². The Morgan fingerprint density at radius 1 is 1.05 bits per heavy atom. The Bertz CT molecular complexity index is 1520. The van der Waals surface area contributed by atoms with Crippen LogP contribution in [0.3, 0.4) is 0 Å². The average molecular weight is 520 g/mol. The molecule has 1 amide bonds. The molecule has 0 spiro atoms. The molecule has 0 bridgehead atoms. The van der Waals surface area contributed by atoms with E-state index in [1.165, 1.54) is 17.3 Å². The van der Waals surface area contributed by atoms with Crippen LogP contribution in [-0.2, 0) is 34.6 Å². The molecule has 0 unspecified atom stereocenters. The highest BCUT2D eigenvalue weighted by Crippen LogP contribution is 2.35. The minimum atomic E-state index is -1.08. The molecule has 0 radical (unpaired) electrons. The third-order valence-corrected chi connectivity index (χ3v) is 8.10. The van der Waals surface area contributed by atoms with Crippen molar-refractivity contribution in [3.63, 3.8) is 0 Å². The number of hydrogen-bond acceptors (Lipinski definition) is 6. The zero-order valence-electron chi connectivity index (χ0n) is 20.7. The van der Waals surface area contributed by atoms with Crippen molar-refractivity contribution in [2.24, 2.45) is 0 Å². The number of aliphatic carboxylic acids is 1. The van der Waals surface area contributed by atoms with Crippen molar-refractivity contribution >= 4 is 45.6 Å². The van der Waals surface area contributed by atoms with E-state index in [4.69, 9.17) is 8.83 Å². The number of carbonyl (C=O) groups is 2. The summed E-state index contributed by atoms with van der Waals surface area (Å²) in [7, 11) is 0. The van der Waals surface area contributed by atoms with Crippen LogP contribution in [0.15, 0.2) is 56.1 Å². The Balaban J connectivity index is 1.28. The second-order valence-electron chi connectivity index (χ2n) is 9.51. The highest BCUT2D eigenvalue weighted by molar-refractivity contribution is 7.98. The first-order chi connectivity index (χ1) is 17.9. The molecule has 0 saturated heterocycles. The fraction of sp³-hybridized carbons (Fsp3) is 0.345. The van der Waals surface area contributed by atoms with Crippen LogP contribution >= 0.6 is 11.8 Å². The van der Waals surface area contributed by atoms with Crippen LogP contribution in [0.1, 0.15) is 47.3 Å². The van der Waals surface area contributed by atoms with E-state index in [1.807, 2.05) is 43.3 Å². The molecule has 7 nitrogen and oxygen atoms in total. The summed E-state index contributed by atoms with van der Waals surface area (Å²) in [6, 6.07) is 12.6. The molecule has 0 saturated carbocycles. The lowest BCUT2D eigenvalue weighted by molar-refractivity contribution is -0.141. The predicted molar refractivity (Wildman–Crippen MR) is 144 cm³/mol. The molecule has 1 aliphatic carbocycles. The summed E-state index contributed by atoms with van der Waals surface area (Å²) in [5, 5.41) is 14.0. The number of amides is 1. The predicted octanol–water partition coefficient (Wildman–Crippen LogP) is 5.16. The number of hydrogen-bond donors (Lipinski definition) is 2. The fourth-order valence-corrected chi connectivity index (χ4v) is 5.99. The first-order valence-electron chi connectivity index (χ1n) is 12.5. The van der Waals surface area contributed by atoms with Gasteiger partial charge in [-0.15, -0.1) is 0 Å². The number of rotatable bonds is 9. The van der Waals surface area contributed by atoms with Gasteiger partial charge in [0.25, 0.3) is 0 Å². The quantitative estimate of drug-likeness (QED) is 0.294. The summed E-state index contributed by atoms with van der Waals surface area (Å²) >= 11 is 1.45. The second kappa shape index (κ2) is 10.8. The second-order valence-corrected chi connectivity index (χ2v) is 10.5. The Hall–Kier alpha value is -3.52. The average Bonchev–Trinajstić information content (AvgIpc) is 3.25. The molecular weight excluding hydrogens is 490 g/mol. The van der Waals surface area contributed by atoms with Gasteiger partial charge >= 0.3 is 11.6 Å². The van der Waals surface area contributed by atoms with E-state index in [2.05, 4.69) is 5.32 Å². The van der Waals surface area contributed by atoms with Crippen molar-refractivity contribution in [2.45, 2.75) is 57.2 Å². The van der Waals surface area contributed by atoms with E-state index >= 15 is 0 Å². The topological polar surface area (TPSA) is 110 Å². The van der Waals surface area contributed by atoms with Crippen molar-refractivity contribution in [1.82, 2.24) is 5.32 Å². The molecule has 1 aliphatic rings. The normalized spacial score (nSPS) is 14.0. The maximum atomic E-state index is 12.8. The van der Waals surface area contributed by atoms with Gasteiger partial charge in [-0.25, -0.2) is 9.59 Å². The third-order valence-electron chi connectivity index (χ3n) is 6.99. The van der Waals surface area contributed by atoms with E-state index < -0.39 is 23.5 Å². The first-order valence-corrected chi connectivity index (χ1v) is 13.7. The fourth-order valence-electron chi connectivity index (χ4n) is 4.98. The number of carboxylic acids is 1. The summed E-state index contributed by atoms with van der Waals surface area (Å²) < 4.78 is 11.6. The monoisotopic (exact) mass is 519 g/mol. The maximum Gasteiger partial charge on any atom is 0.339 e. The lowest BCUT2D eigenvalue weighted by Crippen LogP contribution is -2.42. The molecular formula is C29H29NO6S. The standard InChI is InChI=1S/C29H29NO6S/c1-17-19(11-12-27(31)30-23(28(32)33)16-37-15-18-7-3-2-4-8-18)29(34)36-25-14-26-22(13-21(17)25)20-9-5-6-10-24(20)35-26/h2-4,7-8,13-14,23H,5-6,9-12,15-16H2,1H3,(H,30,31)(H,32,33)/t23-/m0/s1. The molecule has 2 heterocycles. The van der Waals surface area contributed by atoms with Crippen LogP contribution in [-0.4, -0.2) is 28.8 Å². The lowest BCUT2D eigenvalue weighted by Gasteiger charge is -2.14. The zero-order valence-corrected chi connectivity index (χ0v) is 21.5. The van der Waals surface area contributed by atoms with Crippen molar-refractivity contribution in [1.29, 1.82) is 0 Å². The highest BCUT2D eigenvalue weighted by atomic mass is 32.2. The van der Waals surface area contributed by atoms with Gasteiger partial charge in [-0.2, -0.15) is 11.8 Å². The maximum absolute atomic E-state index is 12.8. The molecule has 8 heteroatoms. The Morgan fingerprint density at radius 3 is 2.59 bits per heavy atom. The van der Waals surface area contributed by atoms with Gasteiger partial charge in [-0.05, 0) is 49.8 Å². The van der Waals surface area contributed by atoms with Gasteiger partial charge in [0.05, 0.1) is 0 Å². The van der Waals surface area contributed by atoms with Gasteiger partial charge < -0.3 is 19.3 Å². The summed E-state index contributed by atoms with van der Waals surface area (Å²) in [4.78, 5) is 37.1. The Kier molecular flexibility index (Phi) is 7.37. The van der Waals surface area contributed by atoms with E-state index in [0.29, 0.717) is 16.9 Å². The van der Waals surface area contributed by atoms with Gasteiger partial charge in [-0.1, -0.05) is 30.3 Å². The minimum absolute atomic E-state index is 0.00636. The molecule has 2 N–H and O–H groups in total. The van der Waals surface area contributed by atoms with Crippen molar-refractivity contribution in [2.75, 3.05) is 5.75 Å². The van der Waals surface area contributed by atoms with Crippen LogP contribution < -0.4 is 10.9 Å². The number of fused-ring (bicyclic) bond motifs is 4. The molecule has 0 aliphatic heterocycles. The van der Waals surface area contributed by atoms with Crippen LogP contribution in [0, 0.1) is 6.92 Å². The van der Waals surface area contributed by atoms with Gasteiger partial charge in [0.2, 0.25) is 5.91 Å². The van der Waals surface area contributed by atoms with Crippen molar-refractivity contribution in [3.05, 3.63) is 80.9 Å². The van der Waals surface area contributed by atoms with Crippen molar-refractivity contribution < 1.29 is 23.5 Å². The number of benzene rings is 2. The molecule has 2 aromatic carbocycles.